The first kappa shape index (κ1) is 14.3. The molecule has 102 valence electrons. The molecule has 2 rings (SSSR count). The van der Waals surface area contributed by atoms with Crippen molar-refractivity contribution in [1.29, 1.82) is 0 Å². The van der Waals surface area contributed by atoms with Gasteiger partial charge in [-0.2, -0.15) is 0 Å². The van der Waals surface area contributed by atoms with Crippen LogP contribution in [-0.2, 0) is 5.33 Å². The molecule has 0 bridgehead atoms. The zero-order valence-corrected chi connectivity index (χ0v) is 12.2. The van der Waals surface area contributed by atoms with E-state index >= 15 is 0 Å². The lowest BCUT2D eigenvalue weighted by Gasteiger charge is -2.06. The number of primary amides is 1. The first-order chi connectivity index (χ1) is 9.60. The number of rotatable bonds is 4. The van der Waals surface area contributed by atoms with Gasteiger partial charge in [-0.05, 0) is 35.9 Å². The van der Waals surface area contributed by atoms with Crippen molar-refractivity contribution in [1.82, 2.24) is 0 Å². The smallest absolute Gasteiger partial charge is 0.255 e. The number of hydrogen-bond donors (Lipinski definition) is 2. The minimum atomic E-state index is -0.525. The highest BCUT2D eigenvalue weighted by Gasteiger charge is 2.07. The lowest BCUT2D eigenvalue weighted by molar-refractivity contribution is 0.0996. The van der Waals surface area contributed by atoms with E-state index in [4.69, 9.17) is 5.73 Å². The summed E-state index contributed by atoms with van der Waals surface area (Å²) in [5, 5.41) is 3.48. The summed E-state index contributed by atoms with van der Waals surface area (Å²) < 4.78 is 0. The molecule has 20 heavy (non-hydrogen) atoms. The molecule has 0 spiro atoms. The van der Waals surface area contributed by atoms with E-state index in [1.807, 2.05) is 12.1 Å². The van der Waals surface area contributed by atoms with Gasteiger partial charge < -0.3 is 11.1 Å². The maximum absolute atomic E-state index is 12.1. The van der Waals surface area contributed by atoms with Gasteiger partial charge in [-0.1, -0.05) is 34.1 Å². The molecule has 2 aromatic carbocycles. The van der Waals surface area contributed by atoms with Crippen molar-refractivity contribution < 1.29 is 9.59 Å². The van der Waals surface area contributed by atoms with Crippen LogP contribution >= 0.6 is 15.9 Å². The number of alkyl halides is 1. The molecule has 4 nitrogen and oxygen atoms in total. The van der Waals surface area contributed by atoms with E-state index in [0.717, 1.165) is 10.9 Å². The van der Waals surface area contributed by atoms with Crippen LogP contribution in [0.25, 0.3) is 0 Å². The molecule has 0 saturated heterocycles. The number of nitrogens with two attached hydrogens (primary N) is 1. The van der Waals surface area contributed by atoms with Crippen molar-refractivity contribution >= 4 is 33.4 Å². The number of benzene rings is 2. The topological polar surface area (TPSA) is 72.2 Å². The van der Waals surface area contributed by atoms with Gasteiger partial charge in [0.05, 0.1) is 0 Å². The van der Waals surface area contributed by atoms with E-state index in [1.54, 1.807) is 36.4 Å². The normalized spacial score (nSPS) is 10.1. The van der Waals surface area contributed by atoms with Crippen LogP contribution in [0.2, 0.25) is 0 Å². The van der Waals surface area contributed by atoms with Gasteiger partial charge in [0.2, 0.25) is 5.91 Å². The first-order valence-corrected chi connectivity index (χ1v) is 7.08. The highest BCUT2D eigenvalue weighted by Crippen LogP contribution is 2.13. The second-order valence-electron chi connectivity index (χ2n) is 4.23. The summed E-state index contributed by atoms with van der Waals surface area (Å²) in [6, 6.07) is 13.8. The Hall–Kier alpha value is -2.14. The molecule has 0 atom stereocenters. The number of carbonyl (C=O) groups is 2. The zero-order valence-electron chi connectivity index (χ0n) is 10.6. The van der Waals surface area contributed by atoms with Gasteiger partial charge >= 0.3 is 0 Å². The van der Waals surface area contributed by atoms with Crippen molar-refractivity contribution in [3.8, 4) is 0 Å². The van der Waals surface area contributed by atoms with E-state index in [2.05, 4.69) is 21.2 Å². The standard InChI is InChI=1S/C15H13BrN2O2/c16-9-10-4-6-11(7-5-10)15(20)18-13-3-1-2-12(8-13)14(17)19/h1-8H,9H2,(H2,17,19)(H,18,20). The molecule has 0 aliphatic heterocycles. The summed E-state index contributed by atoms with van der Waals surface area (Å²) in [4.78, 5) is 23.1. The molecular weight excluding hydrogens is 320 g/mol. The summed E-state index contributed by atoms with van der Waals surface area (Å²) in [6.45, 7) is 0. The van der Waals surface area contributed by atoms with Crippen LogP contribution in [0.15, 0.2) is 48.5 Å². The van der Waals surface area contributed by atoms with Crippen molar-refractivity contribution in [3.63, 3.8) is 0 Å². The van der Waals surface area contributed by atoms with Crippen LogP contribution in [0.1, 0.15) is 26.3 Å². The third-order valence-electron chi connectivity index (χ3n) is 2.78. The Labute approximate surface area is 125 Å². The third-order valence-corrected chi connectivity index (χ3v) is 3.42. The summed E-state index contributed by atoms with van der Waals surface area (Å²) >= 11 is 3.35. The number of carbonyl (C=O) groups excluding carboxylic acids is 2. The fraction of sp³-hybridized carbons (Fsp3) is 0.0667. The van der Waals surface area contributed by atoms with Gasteiger partial charge in [0.15, 0.2) is 0 Å². The highest BCUT2D eigenvalue weighted by atomic mass is 79.9. The van der Waals surface area contributed by atoms with E-state index in [9.17, 15) is 9.59 Å². The Kier molecular flexibility index (Phi) is 4.53. The van der Waals surface area contributed by atoms with Crippen molar-refractivity contribution in [2.24, 2.45) is 5.73 Å². The molecule has 5 heteroatoms. The van der Waals surface area contributed by atoms with Crippen LogP contribution in [0.3, 0.4) is 0 Å². The zero-order chi connectivity index (χ0) is 14.5. The Balaban J connectivity index is 2.14. The van der Waals surface area contributed by atoms with Gasteiger partial charge in [0.25, 0.3) is 5.91 Å². The van der Waals surface area contributed by atoms with Crippen LogP contribution < -0.4 is 11.1 Å². The third kappa shape index (κ3) is 3.45. The number of anilines is 1. The number of hydrogen-bond acceptors (Lipinski definition) is 2. The lowest BCUT2D eigenvalue weighted by atomic mass is 10.1. The van der Waals surface area contributed by atoms with Crippen LogP contribution in [0.5, 0.6) is 0 Å². The predicted molar refractivity (Wildman–Crippen MR) is 82.0 cm³/mol. The Morgan fingerprint density at radius 3 is 2.35 bits per heavy atom. The minimum absolute atomic E-state index is 0.229. The molecule has 2 aromatic rings. The number of nitrogens with one attached hydrogen (secondary N) is 1. The van der Waals surface area contributed by atoms with Crippen LogP contribution in [0, 0.1) is 0 Å². The molecule has 0 aromatic heterocycles. The lowest BCUT2D eigenvalue weighted by Crippen LogP contribution is -2.14. The maximum Gasteiger partial charge on any atom is 0.255 e. The van der Waals surface area contributed by atoms with Gasteiger partial charge in [-0.3, -0.25) is 9.59 Å². The molecule has 0 fully saturated rings. The second-order valence-corrected chi connectivity index (χ2v) is 4.79. The van der Waals surface area contributed by atoms with Gasteiger partial charge in [0.1, 0.15) is 0 Å². The highest BCUT2D eigenvalue weighted by molar-refractivity contribution is 9.08. The van der Waals surface area contributed by atoms with E-state index in [-0.39, 0.29) is 5.91 Å². The van der Waals surface area contributed by atoms with E-state index in [0.29, 0.717) is 16.8 Å². The van der Waals surface area contributed by atoms with Gasteiger partial charge in [-0.15, -0.1) is 0 Å². The molecule has 0 radical (unpaired) electrons. The fourth-order valence-corrected chi connectivity index (χ4v) is 2.07. The Morgan fingerprint density at radius 2 is 1.75 bits per heavy atom. The average Bonchev–Trinajstić information content (AvgIpc) is 2.47. The summed E-state index contributed by atoms with van der Waals surface area (Å²) in [6.07, 6.45) is 0. The van der Waals surface area contributed by atoms with Crippen molar-refractivity contribution in [2.75, 3.05) is 5.32 Å². The molecule has 3 N–H and O–H groups in total. The molecule has 0 heterocycles. The summed E-state index contributed by atoms with van der Waals surface area (Å²) in [7, 11) is 0. The minimum Gasteiger partial charge on any atom is -0.366 e. The Morgan fingerprint density at radius 1 is 1.05 bits per heavy atom. The quantitative estimate of drug-likeness (QED) is 0.845. The first-order valence-electron chi connectivity index (χ1n) is 5.96. The molecule has 0 aliphatic rings. The summed E-state index contributed by atoms with van der Waals surface area (Å²) in [5.74, 6) is -0.754. The van der Waals surface area contributed by atoms with E-state index < -0.39 is 5.91 Å². The Bertz CT molecular complexity index is 639. The van der Waals surface area contributed by atoms with E-state index in [1.165, 1.54) is 0 Å². The average molecular weight is 333 g/mol. The fourth-order valence-electron chi connectivity index (χ4n) is 1.70. The van der Waals surface area contributed by atoms with Crippen molar-refractivity contribution in [3.05, 3.63) is 65.2 Å². The monoisotopic (exact) mass is 332 g/mol. The SMILES string of the molecule is NC(=O)c1cccc(NC(=O)c2ccc(CBr)cc2)c1. The van der Waals surface area contributed by atoms with Crippen LogP contribution in [0.4, 0.5) is 5.69 Å². The van der Waals surface area contributed by atoms with Crippen molar-refractivity contribution in [2.45, 2.75) is 5.33 Å². The van der Waals surface area contributed by atoms with Crippen LogP contribution in [-0.4, -0.2) is 11.8 Å². The molecule has 0 unspecified atom stereocenters. The molecular formula is C15H13BrN2O2. The maximum atomic E-state index is 12.1. The second kappa shape index (κ2) is 6.34. The van der Waals surface area contributed by atoms with Gasteiger partial charge in [0, 0.05) is 22.1 Å². The number of amides is 2. The summed E-state index contributed by atoms with van der Waals surface area (Å²) in [5.41, 5.74) is 7.75. The molecule has 0 saturated carbocycles. The molecule has 2 amide bonds. The largest absolute Gasteiger partial charge is 0.366 e. The predicted octanol–water partition coefficient (Wildman–Crippen LogP) is 2.93. The number of halogens is 1. The van der Waals surface area contributed by atoms with Gasteiger partial charge in [-0.25, -0.2) is 0 Å². The molecule has 0 aliphatic carbocycles.